The second-order valence-electron chi connectivity index (χ2n) is 4.58. The molecule has 0 aliphatic carbocycles. The molecule has 0 saturated heterocycles. The van der Waals surface area contributed by atoms with Crippen LogP contribution >= 0.6 is 0 Å². The van der Waals surface area contributed by atoms with Crippen LogP contribution in [0.2, 0.25) is 0 Å². The predicted molar refractivity (Wildman–Crippen MR) is 81.5 cm³/mol. The van der Waals surface area contributed by atoms with Crippen LogP contribution in [0.5, 0.6) is 11.5 Å². The first-order valence-corrected chi connectivity index (χ1v) is 8.17. The van der Waals surface area contributed by atoms with Crippen LogP contribution < -0.4 is 18.4 Å². The van der Waals surface area contributed by atoms with Crippen LogP contribution in [-0.2, 0) is 0 Å². The molecule has 3 heteroatoms. The van der Waals surface area contributed by atoms with Gasteiger partial charge < -0.3 is 0 Å². The SMILES string of the molecule is c1ccc([Se]c2c3c(cc4ccccc24)OCO3)cc1. The average Bonchev–Trinajstić information content (AvgIpc) is 2.96. The molecule has 0 radical (unpaired) electrons. The first-order chi connectivity index (χ1) is 9.92. The van der Waals surface area contributed by atoms with Crippen LogP contribution in [0.15, 0.2) is 60.7 Å². The third-order valence-corrected chi connectivity index (χ3v) is 5.65. The van der Waals surface area contributed by atoms with E-state index < -0.39 is 0 Å². The molecular formula is C17H12O2Se. The molecule has 0 saturated carbocycles. The number of hydrogen-bond acceptors (Lipinski definition) is 2. The molecule has 0 fully saturated rings. The molecule has 20 heavy (non-hydrogen) atoms. The van der Waals surface area contributed by atoms with E-state index in [4.69, 9.17) is 9.47 Å². The van der Waals surface area contributed by atoms with Crippen molar-refractivity contribution in [1.82, 2.24) is 0 Å². The minimum atomic E-state index is 0.208. The molecule has 0 atom stereocenters. The second kappa shape index (κ2) is 4.86. The molecule has 4 rings (SSSR count). The van der Waals surface area contributed by atoms with E-state index in [0.29, 0.717) is 6.79 Å². The molecular weight excluding hydrogens is 315 g/mol. The van der Waals surface area contributed by atoms with Gasteiger partial charge in [-0.05, 0) is 0 Å². The molecule has 98 valence electrons. The van der Waals surface area contributed by atoms with Gasteiger partial charge in [0.15, 0.2) is 0 Å². The first-order valence-electron chi connectivity index (χ1n) is 6.46. The Bertz CT molecular complexity index is 769. The van der Waals surface area contributed by atoms with Crippen molar-refractivity contribution in [2.75, 3.05) is 6.79 Å². The number of ether oxygens (including phenoxy) is 2. The van der Waals surface area contributed by atoms with Crippen molar-refractivity contribution in [3.63, 3.8) is 0 Å². The van der Waals surface area contributed by atoms with Crippen molar-refractivity contribution in [3.8, 4) is 11.5 Å². The average molecular weight is 327 g/mol. The quantitative estimate of drug-likeness (QED) is 0.672. The van der Waals surface area contributed by atoms with Gasteiger partial charge in [-0.2, -0.15) is 0 Å². The summed E-state index contributed by atoms with van der Waals surface area (Å²) in [6, 6.07) is 21.1. The van der Waals surface area contributed by atoms with Gasteiger partial charge >= 0.3 is 123 Å². The van der Waals surface area contributed by atoms with Crippen LogP contribution in [0.1, 0.15) is 0 Å². The summed E-state index contributed by atoms with van der Waals surface area (Å²) in [5.41, 5.74) is 0. The van der Waals surface area contributed by atoms with Gasteiger partial charge in [0.2, 0.25) is 0 Å². The predicted octanol–water partition coefficient (Wildman–Crippen LogP) is 2.22. The molecule has 0 amide bonds. The fourth-order valence-corrected chi connectivity index (χ4v) is 4.63. The molecule has 3 aromatic rings. The minimum absolute atomic E-state index is 0.208. The molecule has 3 aromatic carbocycles. The summed E-state index contributed by atoms with van der Waals surface area (Å²) in [5.74, 6) is 1.80. The summed E-state index contributed by atoms with van der Waals surface area (Å²) in [4.78, 5) is 0. The summed E-state index contributed by atoms with van der Waals surface area (Å²) in [7, 11) is 0. The Balaban J connectivity index is 1.92. The molecule has 1 heterocycles. The van der Waals surface area contributed by atoms with Crippen LogP contribution in [0.4, 0.5) is 0 Å². The number of fused-ring (bicyclic) bond motifs is 2. The molecule has 1 aliphatic heterocycles. The van der Waals surface area contributed by atoms with E-state index >= 15 is 0 Å². The summed E-state index contributed by atoms with van der Waals surface area (Å²) >= 11 is 0.208. The zero-order chi connectivity index (χ0) is 13.4. The Hall–Kier alpha value is -1.96. The maximum absolute atomic E-state index is 5.70. The zero-order valence-corrected chi connectivity index (χ0v) is 12.4. The Morgan fingerprint density at radius 1 is 0.850 bits per heavy atom. The van der Waals surface area contributed by atoms with E-state index in [2.05, 4.69) is 54.6 Å². The Morgan fingerprint density at radius 3 is 2.55 bits per heavy atom. The topological polar surface area (TPSA) is 18.5 Å². The molecule has 0 unspecified atom stereocenters. The van der Waals surface area contributed by atoms with Crippen molar-refractivity contribution in [2.24, 2.45) is 0 Å². The maximum atomic E-state index is 5.70. The van der Waals surface area contributed by atoms with Crippen LogP contribution in [0, 0.1) is 0 Å². The first kappa shape index (κ1) is 11.8. The Labute approximate surface area is 123 Å². The number of rotatable bonds is 2. The van der Waals surface area contributed by atoms with Crippen LogP contribution in [0.25, 0.3) is 10.8 Å². The summed E-state index contributed by atoms with van der Waals surface area (Å²) in [5, 5.41) is 2.48. The monoisotopic (exact) mass is 328 g/mol. The molecule has 0 bridgehead atoms. The van der Waals surface area contributed by atoms with E-state index in [1.165, 1.54) is 19.7 Å². The fraction of sp³-hybridized carbons (Fsp3) is 0.0588. The summed E-state index contributed by atoms with van der Waals surface area (Å²) < 4.78 is 13.9. The molecule has 1 aliphatic rings. The van der Waals surface area contributed by atoms with Gasteiger partial charge in [0.25, 0.3) is 0 Å². The van der Waals surface area contributed by atoms with Gasteiger partial charge in [0.1, 0.15) is 0 Å². The van der Waals surface area contributed by atoms with E-state index in [-0.39, 0.29) is 15.0 Å². The van der Waals surface area contributed by atoms with Gasteiger partial charge in [0, 0.05) is 0 Å². The third kappa shape index (κ3) is 1.96. The van der Waals surface area contributed by atoms with E-state index in [0.717, 1.165) is 11.5 Å². The second-order valence-corrected chi connectivity index (χ2v) is 6.85. The van der Waals surface area contributed by atoms with E-state index in [1.54, 1.807) is 0 Å². The number of benzene rings is 3. The van der Waals surface area contributed by atoms with Crippen LogP contribution in [0.3, 0.4) is 0 Å². The Kier molecular flexibility index (Phi) is 2.87. The number of hydrogen-bond donors (Lipinski definition) is 0. The van der Waals surface area contributed by atoms with Gasteiger partial charge in [-0.25, -0.2) is 0 Å². The van der Waals surface area contributed by atoms with E-state index in [9.17, 15) is 0 Å². The third-order valence-electron chi connectivity index (χ3n) is 3.30. The van der Waals surface area contributed by atoms with Crippen molar-refractivity contribution in [3.05, 3.63) is 60.7 Å². The molecule has 2 nitrogen and oxygen atoms in total. The van der Waals surface area contributed by atoms with E-state index in [1.807, 2.05) is 6.07 Å². The van der Waals surface area contributed by atoms with Gasteiger partial charge in [0.05, 0.1) is 0 Å². The van der Waals surface area contributed by atoms with Gasteiger partial charge in [-0.3, -0.25) is 0 Å². The normalized spacial score (nSPS) is 12.8. The Morgan fingerprint density at radius 2 is 1.65 bits per heavy atom. The molecule has 0 aromatic heterocycles. The van der Waals surface area contributed by atoms with Gasteiger partial charge in [-0.1, -0.05) is 0 Å². The van der Waals surface area contributed by atoms with Crippen molar-refractivity contribution >= 4 is 34.7 Å². The van der Waals surface area contributed by atoms with Gasteiger partial charge in [-0.15, -0.1) is 0 Å². The molecule has 0 N–H and O–H groups in total. The van der Waals surface area contributed by atoms with Crippen LogP contribution in [-0.4, -0.2) is 21.7 Å². The standard InChI is InChI=1S/C17H12O2Se/c1-2-7-13(8-3-1)20-17-14-9-5-4-6-12(14)10-15-16(17)19-11-18-15/h1-10H,11H2. The van der Waals surface area contributed by atoms with Crippen molar-refractivity contribution < 1.29 is 9.47 Å². The fourth-order valence-electron chi connectivity index (χ4n) is 2.37. The summed E-state index contributed by atoms with van der Waals surface area (Å²) in [6.45, 7) is 0.323. The molecule has 0 spiro atoms. The van der Waals surface area contributed by atoms with Crippen molar-refractivity contribution in [1.29, 1.82) is 0 Å². The summed E-state index contributed by atoms with van der Waals surface area (Å²) in [6.07, 6.45) is 0. The zero-order valence-electron chi connectivity index (χ0n) is 10.7. The van der Waals surface area contributed by atoms with Crippen molar-refractivity contribution in [2.45, 2.75) is 0 Å².